The highest BCUT2D eigenvalue weighted by Gasteiger charge is 2.11. The van der Waals surface area contributed by atoms with Crippen molar-refractivity contribution < 1.29 is 13.9 Å². The second kappa shape index (κ2) is 8.78. The Morgan fingerprint density at radius 2 is 2.00 bits per heavy atom. The van der Waals surface area contributed by atoms with Crippen molar-refractivity contribution in [3.63, 3.8) is 0 Å². The van der Waals surface area contributed by atoms with Crippen LogP contribution in [0.1, 0.15) is 42.3 Å². The Kier molecular flexibility index (Phi) is 6.41. The van der Waals surface area contributed by atoms with Crippen molar-refractivity contribution in [2.24, 2.45) is 0 Å². The molecule has 1 aromatic carbocycles. The number of unbranched alkanes of at least 4 members (excludes halogenated alkanes) is 2. The number of carbonyl (C=O) groups is 1. The molecule has 0 saturated heterocycles. The van der Waals surface area contributed by atoms with E-state index in [0.717, 1.165) is 30.9 Å². The number of hydrogen-bond donors (Lipinski definition) is 1. The van der Waals surface area contributed by atoms with E-state index >= 15 is 0 Å². The van der Waals surface area contributed by atoms with Crippen LogP contribution in [0.25, 0.3) is 0 Å². The standard InChI is InChI=1S/C18H21NO4/c1-2-3-7-10-19-18(21)16-11-15(20)17(13-23-16)22-12-14-8-5-4-6-9-14/h4-6,8-9,11,13H,2-3,7,10,12H2,1H3,(H,19,21). The molecule has 0 radical (unpaired) electrons. The van der Waals surface area contributed by atoms with Gasteiger partial charge in [-0.25, -0.2) is 0 Å². The van der Waals surface area contributed by atoms with Gasteiger partial charge in [-0.2, -0.15) is 0 Å². The molecule has 0 atom stereocenters. The quantitative estimate of drug-likeness (QED) is 0.760. The lowest BCUT2D eigenvalue weighted by atomic mass is 10.2. The SMILES string of the molecule is CCCCCNC(=O)c1cc(=O)c(OCc2ccccc2)co1. The lowest BCUT2D eigenvalue weighted by molar-refractivity contribution is 0.0922. The summed E-state index contributed by atoms with van der Waals surface area (Å²) in [7, 11) is 0. The summed E-state index contributed by atoms with van der Waals surface area (Å²) in [5.74, 6) is -0.289. The van der Waals surface area contributed by atoms with Crippen LogP contribution in [-0.4, -0.2) is 12.5 Å². The van der Waals surface area contributed by atoms with E-state index in [4.69, 9.17) is 9.15 Å². The fraction of sp³-hybridized carbons (Fsp3) is 0.333. The topological polar surface area (TPSA) is 68.5 Å². The molecule has 122 valence electrons. The van der Waals surface area contributed by atoms with Gasteiger partial charge in [-0.1, -0.05) is 50.1 Å². The number of nitrogens with one attached hydrogen (secondary N) is 1. The van der Waals surface area contributed by atoms with Gasteiger partial charge in [-0.3, -0.25) is 9.59 Å². The predicted molar refractivity (Wildman–Crippen MR) is 87.6 cm³/mol. The zero-order valence-electron chi connectivity index (χ0n) is 13.2. The van der Waals surface area contributed by atoms with Crippen molar-refractivity contribution in [3.8, 4) is 5.75 Å². The first-order valence-electron chi connectivity index (χ1n) is 7.78. The van der Waals surface area contributed by atoms with Crippen molar-refractivity contribution >= 4 is 5.91 Å². The lowest BCUT2D eigenvalue weighted by Crippen LogP contribution is -2.25. The lowest BCUT2D eigenvalue weighted by Gasteiger charge is -2.06. The molecule has 1 N–H and O–H groups in total. The molecule has 1 amide bonds. The molecule has 2 aromatic rings. The minimum Gasteiger partial charge on any atom is -0.482 e. The van der Waals surface area contributed by atoms with Crippen molar-refractivity contribution in [1.29, 1.82) is 0 Å². The first-order chi connectivity index (χ1) is 11.2. The van der Waals surface area contributed by atoms with Gasteiger partial charge in [0.1, 0.15) is 12.9 Å². The van der Waals surface area contributed by atoms with Gasteiger partial charge in [0.05, 0.1) is 0 Å². The fourth-order valence-corrected chi connectivity index (χ4v) is 2.02. The van der Waals surface area contributed by atoms with Crippen molar-refractivity contribution in [1.82, 2.24) is 5.32 Å². The molecule has 0 spiro atoms. The molecule has 5 heteroatoms. The van der Waals surface area contributed by atoms with E-state index in [0.29, 0.717) is 6.54 Å². The van der Waals surface area contributed by atoms with Crippen molar-refractivity contribution in [3.05, 3.63) is 64.2 Å². The Hall–Kier alpha value is -2.56. The minimum absolute atomic E-state index is 0.00133. The summed E-state index contributed by atoms with van der Waals surface area (Å²) in [5.41, 5.74) is 0.579. The molecule has 5 nitrogen and oxygen atoms in total. The first-order valence-corrected chi connectivity index (χ1v) is 7.78. The molecule has 1 aromatic heterocycles. The normalized spacial score (nSPS) is 10.3. The van der Waals surface area contributed by atoms with E-state index in [1.165, 1.54) is 6.26 Å². The largest absolute Gasteiger partial charge is 0.482 e. The van der Waals surface area contributed by atoms with Gasteiger partial charge in [0.15, 0.2) is 5.76 Å². The number of ether oxygens (including phenoxy) is 1. The number of hydrogen-bond acceptors (Lipinski definition) is 4. The molecule has 1 heterocycles. The van der Waals surface area contributed by atoms with Crippen LogP contribution in [-0.2, 0) is 6.61 Å². The molecule has 0 aliphatic rings. The Bertz CT molecular complexity index is 679. The van der Waals surface area contributed by atoms with Gasteiger partial charge in [-0.15, -0.1) is 0 Å². The summed E-state index contributed by atoms with van der Waals surface area (Å²) in [6.45, 7) is 2.94. The third kappa shape index (κ3) is 5.29. The second-order valence-corrected chi connectivity index (χ2v) is 5.21. The first kappa shape index (κ1) is 16.8. The molecule has 23 heavy (non-hydrogen) atoms. The molecule has 2 rings (SSSR count). The van der Waals surface area contributed by atoms with Crippen LogP contribution in [0.3, 0.4) is 0 Å². The average molecular weight is 315 g/mol. The zero-order valence-corrected chi connectivity index (χ0v) is 13.2. The zero-order chi connectivity index (χ0) is 16.5. The summed E-state index contributed by atoms with van der Waals surface area (Å²) in [6.07, 6.45) is 4.23. The Morgan fingerprint density at radius 3 is 2.70 bits per heavy atom. The number of benzene rings is 1. The van der Waals surface area contributed by atoms with Crippen molar-refractivity contribution in [2.75, 3.05) is 6.54 Å². The van der Waals surface area contributed by atoms with Gasteiger partial charge < -0.3 is 14.5 Å². The van der Waals surface area contributed by atoms with Gasteiger partial charge in [0.2, 0.25) is 11.2 Å². The monoisotopic (exact) mass is 315 g/mol. The van der Waals surface area contributed by atoms with Gasteiger partial charge in [0.25, 0.3) is 5.91 Å². The highest BCUT2D eigenvalue weighted by Crippen LogP contribution is 2.09. The average Bonchev–Trinajstić information content (AvgIpc) is 2.58. The summed E-state index contributed by atoms with van der Waals surface area (Å²) in [4.78, 5) is 23.8. The third-order valence-electron chi connectivity index (χ3n) is 3.32. The molecule has 0 aliphatic carbocycles. The van der Waals surface area contributed by atoms with E-state index in [1.807, 2.05) is 30.3 Å². The molecule has 0 saturated carbocycles. The molecule has 0 aliphatic heterocycles. The van der Waals surface area contributed by atoms with Gasteiger partial charge in [-0.05, 0) is 12.0 Å². The number of carbonyl (C=O) groups excluding carboxylic acids is 1. The number of amides is 1. The van der Waals surface area contributed by atoms with E-state index in [9.17, 15) is 9.59 Å². The Labute approximate surface area is 135 Å². The predicted octanol–water partition coefficient (Wildman–Crippen LogP) is 3.14. The van der Waals surface area contributed by atoms with Crippen LogP contribution < -0.4 is 15.5 Å². The molecular weight excluding hydrogens is 294 g/mol. The maximum Gasteiger partial charge on any atom is 0.287 e. The molecule has 0 fully saturated rings. The summed E-state index contributed by atoms with van der Waals surface area (Å²) in [6, 6.07) is 10.7. The molecular formula is C18H21NO4. The fourth-order valence-electron chi connectivity index (χ4n) is 2.02. The molecule has 0 unspecified atom stereocenters. The van der Waals surface area contributed by atoms with Crippen LogP contribution in [0, 0.1) is 0 Å². The Balaban J connectivity index is 1.92. The maximum absolute atomic E-state index is 12.0. The molecule has 0 bridgehead atoms. The van der Waals surface area contributed by atoms with Crippen LogP contribution in [0.4, 0.5) is 0 Å². The van der Waals surface area contributed by atoms with E-state index in [-0.39, 0.29) is 29.5 Å². The number of rotatable bonds is 8. The van der Waals surface area contributed by atoms with Crippen LogP contribution >= 0.6 is 0 Å². The smallest absolute Gasteiger partial charge is 0.287 e. The van der Waals surface area contributed by atoms with Crippen LogP contribution in [0.2, 0.25) is 0 Å². The highest BCUT2D eigenvalue weighted by molar-refractivity contribution is 5.91. The Morgan fingerprint density at radius 1 is 1.22 bits per heavy atom. The van der Waals surface area contributed by atoms with Crippen molar-refractivity contribution in [2.45, 2.75) is 32.8 Å². The van der Waals surface area contributed by atoms with Crippen LogP contribution in [0.5, 0.6) is 5.75 Å². The summed E-state index contributed by atoms with van der Waals surface area (Å²) < 4.78 is 10.6. The van der Waals surface area contributed by atoms with Gasteiger partial charge in [0, 0.05) is 12.6 Å². The maximum atomic E-state index is 12.0. The summed E-state index contributed by atoms with van der Waals surface area (Å²) >= 11 is 0. The van der Waals surface area contributed by atoms with Gasteiger partial charge >= 0.3 is 0 Å². The highest BCUT2D eigenvalue weighted by atomic mass is 16.5. The van der Waals surface area contributed by atoms with Crippen LogP contribution in [0.15, 0.2) is 51.9 Å². The third-order valence-corrected chi connectivity index (χ3v) is 3.32. The van der Waals surface area contributed by atoms with E-state index in [2.05, 4.69) is 12.2 Å². The van der Waals surface area contributed by atoms with E-state index < -0.39 is 0 Å². The second-order valence-electron chi connectivity index (χ2n) is 5.21. The van der Waals surface area contributed by atoms with E-state index in [1.54, 1.807) is 0 Å². The minimum atomic E-state index is -0.382. The summed E-state index contributed by atoms with van der Waals surface area (Å²) in [5, 5.41) is 2.73.